The molecule has 1 fully saturated rings. The number of aromatic nitrogens is 4. The lowest BCUT2D eigenvalue weighted by Crippen LogP contribution is -2.35. The highest BCUT2D eigenvalue weighted by molar-refractivity contribution is 5.49. The van der Waals surface area contributed by atoms with Crippen LogP contribution in [0.15, 0.2) is 55.1 Å². The van der Waals surface area contributed by atoms with Gasteiger partial charge in [0.1, 0.15) is 12.4 Å². The summed E-state index contributed by atoms with van der Waals surface area (Å²) in [5, 5.41) is 17.4. The van der Waals surface area contributed by atoms with Gasteiger partial charge in [-0.2, -0.15) is 5.10 Å². The van der Waals surface area contributed by atoms with Crippen LogP contribution in [0.2, 0.25) is 0 Å². The minimum absolute atomic E-state index is 0.140. The maximum atomic E-state index is 9.63. The first-order valence-corrected chi connectivity index (χ1v) is 9.30. The molecule has 7 nitrogen and oxygen atoms in total. The van der Waals surface area contributed by atoms with Crippen LogP contribution in [0, 0.1) is 0 Å². The van der Waals surface area contributed by atoms with Crippen LogP contribution in [0.5, 0.6) is 0 Å². The first-order valence-electron chi connectivity index (χ1n) is 9.30. The van der Waals surface area contributed by atoms with E-state index >= 15 is 0 Å². The van der Waals surface area contributed by atoms with Gasteiger partial charge in [-0.25, -0.2) is 9.97 Å². The van der Waals surface area contributed by atoms with Gasteiger partial charge in [-0.15, -0.1) is 0 Å². The van der Waals surface area contributed by atoms with Crippen LogP contribution in [0.4, 0.5) is 11.4 Å². The van der Waals surface area contributed by atoms with Crippen molar-refractivity contribution in [2.24, 2.45) is 0 Å². The fraction of sp³-hybridized carbons (Fsp3) is 0.350. The first-order chi connectivity index (χ1) is 13.3. The van der Waals surface area contributed by atoms with E-state index in [2.05, 4.69) is 49.5 Å². The van der Waals surface area contributed by atoms with Gasteiger partial charge in [0.05, 0.1) is 18.0 Å². The van der Waals surface area contributed by atoms with Gasteiger partial charge >= 0.3 is 0 Å². The normalized spacial score (nSPS) is 15.1. The molecule has 1 saturated heterocycles. The van der Waals surface area contributed by atoms with E-state index in [-0.39, 0.29) is 6.10 Å². The third kappa shape index (κ3) is 4.62. The summed E-state index contributed by atoms with van der Waals surface area (Å²) in [6, 6.07) is 10.4. The predicted molar refractivity (Wildman–Crippen MR) is 105 cm³/mol. The molecule has 27 heavy (non-hydrogen) atoms. The molecule has 3 aromatic rings. The summed E-state index contributed by atoms with van der Waals surface area (Å²) in [6.07, 6.45) is 8.81. The van der Waals surface area contributed by atoms with Crippen molar-refractivity contribution in [3.8, 4) is 0 Å². The Morgan fingerprint density at radius 2 is 1.81 bits per heavy atom. The molecule has 0 saturated carbocycles. The Morgan fingerprint density at radius 1 is 1.07 bits per heavy atom. The van der Waals surface area contributed by atoms with Gasteiger partial charge in [-0.1, -0.05) is 12.1 Å². The van der Waals surface area contributed by atoms with E-state index in [1.807, 2.05) is 17.1 Å². The number of aliphatic hydroxyl groups is 1. The van der Waals surface area contributed by atoms with Crippen LogP contribution < -0.4 is 10.2 Å². The van der Waals surface area contributed by atoms with Crippen molar-refractivity contribution in [1.82, 2.24) is 19.7 Å². The van der Waals surface area contributed by atoms with Crippen LogP contribution in [0.1, 0.15) is 24.2 Å². The molecule has 140 valence electrons. The zero-order valence-electron chi connectivity index (χ0n) is 15.2. The van der Waals surface area contributed by atoms with Gasteiger partial charge in [-0.05, 0) is 36.6 Å². The summed E-state index contributed by atoms with van der Waals surface area (Å²) in [4.78, 5) is 10.8. The topological polar surface area (TPSA) is 79.1 Å². The lowest BCUT2D eigenvalue weighted by atomic mass is 10.1. The van der Waals surface area contributed by atoms with E-state index in [0.29, 0.717) is 6.54 Å². The molecule has 0 unspecified atom stereocenters. The van der Waals surface area contributed by atoms with E-state index < -0.39 is 0 Å². The Hall–Kier alpha value is -2.93. The molecule has 0 radical (unpaired) electrons. The highest BCUT2D eigenvalue weighted by Gasteiger charge is 2.16. The lowest BCUT2D eigenvalue weighted by molar-refractivity contribution is 0.145. The fourth-order valence-electron chi connectivity index (χ4n) is 3.25. The highest BCUT2D eigenvalue weighted by atomic mass is 16.3. The number of nitrogens with one attached hydrogen (secondary N) is 1. The Bertz CT molecular complexity index is 840. The fourth-order valence-corrected chi connectivity index (χ4v) is 3.25. The molecule has 1 aliphatic heterocycles. The Kier molecular flexibility index (Phi) is 5.29. The molecule has 0 bridgehead atoms. The number of benzene rings is 1. The highest BCUT2D eigenvalue weighted by Crippen LogP contribution is 2.21. The second kappa shape index (κ2) is 8.18. The summed E-state index contributed by atoms with van der Waals surface area (Å²) in [6.45, 7) is 3.14. The van der Waals surface area contributed by atoms with Crippen LogP contribution in [0.25, 0.3) is 0 Å². The summed E-state index contributed by atoms with van der Waals surface area (Å²) in [5.41, 5.74) is 3.41. The quantitative estimate of drug-likeness (QED) is 0.699. The number of rotatable bonds is 6. The number of hydrogen-bond donors (Lipinski definition) is 2. The van der Waals surface area contributed by atoms with Crippen LogP contribution in [-0.4, -0.2) is 44.0 Å². The zero-order valence-corrected chi connectivity index (χ0v) is 15.2. The van der Waals surface area contributed by atoms with Crippen molar-refractivity contribution in [1.29, 1.82) is 0 Å². The third-order valence-corrected chi connectivity index (χ3v) is 4.82. The smallest absolute Gasteiger partial charge is 0.149 e. The Labute approximate surface area is 158 Å². The van der Waals surface area contributed by atoms with Crippen molar-refractivity contribution >= 4 is 11.4 Å². The van der Waals surface area contributed by atoms with Crippen molar-refractivity contribution in [3.63, 3.8) is 0 Å². The monoisotopic (exact) mass is 364 g/mol. The molecule has 2 aromatic heterocycles. The van der Waals surface area contributed by atoms with Crippen LogP contribution in [0.3, 0.4) is 0 Å². The minimum atomic E-state index is -0.140. The van der Waals surface area contributed by atoms with Crippen LogP contribution >= 0.6 is 0 Å². The van der Waals surface area contributed by atoms with Crippen molar-refractivity contribution in [3.05, 3.63) is 66.5 Å². The largest absolute Gasteiger partial charge is 0.393 e. The molecule has 3 heterocycles. The SMILES string of the molecule is OC1CCN(c2ccc(CNc3cnn(Cc4ncccn4)c3)cc2)CC1. The van der Waals surface area contributed by atoms with Gasteiger partial charge in [-0.3, -0.25) is 4.68 Å². The van der Waals surface area contributed by atoms with E-state index in [0.717, 1.165) is 44.0 Å². The summed E-state index contributed by atoms with van der Waals surface area (Å²) in [7, 11) is 0. The molecule has 0 atom stereocenters. The zero-order chi connectivity index (χ0) is 18.5. The minimum Gasteiger partial charge on any atom is -0.393 e. The predicted octanol–water partition coefficient (Wildman–Crippen LogP) is 2.29. The maximum absolute atomic E-state index is 9.63. The van der Waals surface area contributed by atoms with E-state index in [1.54, 1.807) is 18.5 Å². The third-order valence-electron chi connectivity index (χ3n) is 4.82. The average Bonchev–Trinajstić information content (AvgIpc) is 3.16. The van der Waals surface area contributed by atoms with Gasteiger partial charge in [0.15, 0.2) is 0 Å². The van der Waals surface area contributed by atoms with Crippen molar-refractivity contribution < 1.29 is 5.11 Å². The summed E-state index contributed by atoms with van der Waals surface area (Å²) in [5.74, 6) is 0.743. The molecule has 0 amide bonds. The van der Waals surface area contributed by atoms with E-state index in [9.17, 15) is 5.11 Å². The summed E-state index contributed by atoms with van der Waals surface area (Å²) < 4.78 is 1.82. The molecular formula is C20H24N6O. The molecular weight excluding hydrogens is 340 g/mol. The molecule has 0 spiro atoms. The molecule has 0 aliphatic carbocycles. The number of anilines is 2. The molecule has 1 aliphatic rings. The second-order valence-corrected chi connectivity index (χ2v) is 6.83. The van der Waals surface area contributed by atoms with Gasteiger partial charge in [0, 0.05) is 43.9 Å². The second-order valence-electron chi connectivity index (χ2n) is 6.83. The molecule has 2 N–H and O–H groups in total. The molecule has 7 heteroatoms. The average molecular weight is 364 g/mol. The van der Waals surface area contributed by atoms with Crippen molar-refractivity contribution in [2.75, 3.05) is 23.3 Å². The van der Waals surface area contributed by atoms with Gasteiger partial charge in [0.2, 0.25) is 0 Å². The first kappa shape index (κ1) is 17.5. The molecule has 1 aromatic carbocycles. The number of aliphatic hydroxyl groups excluding tert-OH is 1. The van der Waals surface area contributed by atoms with Crippen LogP contribution in [-0.2, 0) is 13.1 Å². The Morgan fingerprint density at radius 3 is 2.56 bits per heavy atom. The Balaban J connectivity index is 1.30. The van der Waals surface area contributed by atoms with E-state index in [4.69, 9.17) is 0 Å². The van der Waals surface area contributed by atoms with Gasteiger partial charge in [0.25, 0.3) is 0 Å². The number of hydrogen-bond acceptors (Lipinski definition) is 6. The van der Waals surface area contributed by atoms with E-state index in [1.165, 1.54) is 11.3 Å². The molecule has 4 rings (SSSR count). The van der Waals surface area contributed by atoms with Gasteiger partial charge < -0.3 is 15.3 Å². The number of piperidine rings is 1. The lowest BCUT2D eigenvalue weighted by Gasteiger charge is -2.31. The van der Waals surface area contributed by atoms with Crippen molar-refractivity contribution in [2.45, 2.75) is 32.0 Å². The number of nitrogens with zero attached hydrogens (tertiary/aromatic N) is 5. The standard InChI is InChI=1S/C20H24N6O/c27-19-6-10-25(11-7-19)18-4-2-16(3-5-18)12-23-17-13-24-26(14-17)15-20-21-8-1-9-22-20/h1-5,8-9,13-14,19,23,27H,6-7,10-12,15H2. The summed E-state index contributed by atoms with van der Waals surface area (Å²) >= 11 is 0. The maximum Gasteiger partial charge on any atom is 0.149 e.